The first-order chi connectivity index (χ1) is 8.56. The van der Waals surface area contributed by atoms with E-state index in [1.165, 1.54) is 6.20 Å². The van der Waals surface area contributed by atoms with Crippen molar-refractivity contribution in [3.8, 4) is 0 Å². The SMILES string of the molecule is Cc1ccc(C(=O)Nc2ccnc(Cl)c2)cc1Cl. The van der Waals surface area contributed by atoms with Gasteiger partial charge in [0.2, 0.25) is 0 Å². The predicted molar refractivity (Wildman–Crippen MR) is 73.4 cm³/mol. The van der Waals surface area contributed by atoms with Gasteiger partial charge in [0.25, 0.3) is 5.91 Å². The van der Waals surface area contributed by atoms with Gasteiger partial charge in [0.05, 0.1) is 0 Å². The second-order valence-corrected chi connectivity index (χ2v) is 4.58. The number of rotatable bonds is 2. The molecular formula is C13H10Cl2N2O. The summed E-state index contributed by atoms with van der Waals surface area (Å²) in [6, 6.07) is 8.40. The van der Waals surface area contributed by atoms with Crippen LogP contribution in [0.25, 0.3) is 0 Å². The number of aromatic nitrogens is 1. The summed E-state index contributed by atoms with van der Waals surface area (Å²) in [5, 5.41) is 3.62. The Hall–Kier alpha value is -1.58. The van der Waals surface area contributed by atoms with Crippen LogP contribution in [0.2, 0.25) is 10.2 Å². The van der Waals surface area contributed by atoms with Gasteiger partial charge in [-0.25, -0.2) is 4.98 Å². The molecule has 0 aliphatic carbocycles. The Balaban J connectivity index is 2.19. The number of anilines is 1. The van der Waals surface area contributed by atoms with Crippen molar-refractivity contribution < 1.29 is 4.79 Å². The molecule has 2 aromatic rings. The quantitative estimate of drug-likeness (QED) is 0.847. The highest BCUT2D eigenvalue weighted by atomic mass is 35.5. The minimum Gasteiger partial charge on any atom is -0.322 e. The van der Waals surface area contributed by atoms with E-state index in [2.05, 4.69) is 10.3 Å². The second-order valence-electron chi connectivity index (χ2n) is 3.79. The number of nitrogens with zero attached hydrogens (tertiary/aromatic N) is 1. The number of hydrogen-bond donors (Lipinski definition) is 1. The van der Waals surface area contributed by atoms with Gasteiger partial charge in [0.15, 0.2) is 0 Å². The number of carbonyl (C=O) groups excluding carboxylic acids is 1. The number of amides is 1. The van der Waals surface area contributed by atoms with Gasteiger partial charge < -0.3 is 5.32 Å². The zero-order valence-corrected chi connectivity index (χ0v) is 11.1. The second kappa shape index (κ2) is 5.38. The van der Waals surface area contributed by atoms with Crippen molar-refractivity contribution >= 4 is 34.8 Å². The first kappa shape index (κ1) is 12.9. The van der Waals surface area contributed by atoms with Gasteiger partial charge in [-0.1, -0.05) is 29.3 Å². The van der Waals surface area contributed by atoms with Crippen LogP contribution in [-0.4, -0.2) is 10.9 Å². The molecule has 1 aromatic heterocycles. The van der Waals surface area contributed by atoms with Gasteiger partial charge >= 0.3 is 0 Å². The fourth-order valence-electron chi connectivity index (χ4n) is 1.42. The highest BCUT2D eigenvalue weighted by molar-refractivity contribution is 6.31. The summed E-state index contributed by atoms with van der Waals surface area (Å²) < 4.78 is 0. The van der Waals surface area contributed by atoms with Crippen molar-refractivity contribution in [3.63, 3.8) is 0 Å². The molecule has 1 heterocycles. The van der Waals surface area contributed by atoms with Crippen molar-refractivity contribution in [2.45, 2.75) is 6.92 Å². The number of aryl methyl sites for hydroxylation is 1. The van der Waals surface area contributed by atoms with Crippen LogP contribution in [0, 0.1) is 6.92 Å². The topological polar surface area (TPSA) is 42.0 Å². The smallest absolute Gasteiger partial charge is 0.255 e. The van der Waals surface area contributed by atoms with Crippen LogP contribution in [0.5, 0.6) is 0 Å². The lowest BCUT2D eigenvalue weighted by Gasteiger charge is -2.06. The molecule has 1 N–H and O–H groups in total. The van der Waals surface area contributed by atoms with E-state index in [0.29, 0.717) is 21.4 Å². The minimum absolute atomic E-state index is 0.237. The third kappa shape index (κ3) is 3.00. The Morgan fingerprint density at radius 2 is 2.00 bits per heavy atom. The summed E-state index contributed by atoms with van der Waals surface area (Å²) in [5.74, 6) is -0.237. The number of benzene rings is 1. The zero-order chi connectivity index (χ0) is 13.1. The zero-order valence-electron chi connectivity index (χ0n) is 9.58. The molecule has 18 heavy (non-hydrogen) atoms. The maximum absolute atomic E-state index is 12.0. The molecule has 0 radical (unpaired) electrons. The van der Waals surface area contributed by atoms with Crippen LogP contribution in [0.1, 0.15) is 15.9 Å². The maximum Gasteiger partial charge on any atom is 0.255 e. The fourth-order valence-corrected chi connectivity index (χ4v) is 1.77. The van der Waals surface area contributed by atoms with Crippen molar-refractivity contribution in [2.24, 2.45) is 0 Å². The van der Waals surface area contributed by atoms with Crippen LogP contribution in [-0.2, 0) is 0 Å². The molecule has 0 fully saturated rings. The normalized spacial score (nSPS) is 10.2. The van der Waals surface area contributed by atoms with Gasteiger partial charge in [-0.2, -0.15) is 0 Å². The number of hydrogen-bond acceptors (Lipinski definition) is 2. The summed E-state index contributed by atoms with van der Waals surface area (Å²) in [4.78, 5) is 15.8. The first-order valence-corrected chi connectivity index (χ1v) is 6.01. The standard InChI is InChI=1S/C13H10Cl2N2O/c1-8-2-3-9(6-11(8)14)13(18)17-10-4-5-16-12(15)7-10/h2-7H,1H3,(H,16,17,18). The van der Waals surface area contributed by atoms with E-state index in [9.17, 15) is 4.79 Å². The Labute approximate surface area is 115 Å². The molecular weight excluding hydrogens is 271 g/mol. The lowest BCUT2D eigenvalue weighted by atomic mass is 10.1. The number of halogens is 2. The van der Waals surface area contributed by atoms with E-state index in [0.717, 1.165) is 5.56 Å². The Morgan fingerprint density at radius 1 is 1.22 bits per heavy atom. The summed E-state index contributed by atoms with van der Waals surface area (Å²) in [5.41, 5.74) is 2.02. The first-order valence-electron chi connectivity index (χ1n) is 5.25. The average Bonchev–Trinajstić information content (AvgIpc) is 2.32. The molecule has 0 aliphatic heterocycles. The molecule has 0 bridgehead atoms. The monoisotopic (exact) mass is 280 g/mol. The molecule has 92 valence electrons. The molecule has 0 saturated heterocycles. The van der Waals surface area contributed by atoms with E-state index in [1.54, 1.807) is 30.3 Å². The number of nitrogens with one attached hydrogen (secondary N) is 1. The molecule has 0 aliphatic rings. The third-order valence-corrected chi connectivity index (χ3v) is 3.03. The van der Waals surface area contributed by atoms with Crippen LogP contribution in [0.3, 0.4) is 0 Å². The minimum atomic E-state index is -0.237. The van der Waals surface area contributed by atoms with Crippen LogP contribution >= 0.6 is 23.2 Å². The molecule has 3 nitrogen and oxygen atoms in total. The molecule has 1 aromatic carbocycles. The van der Waals surface area contributed by atoms with Gasteiger partial charge in [-0.3, -0.25) is 4.79 Å². The average molecular weight is 281 g/mol. The molecule has 0 saturated carbocycles. The molecule has 5 heteroatoms. The van der Waals surface area contributed by atoms with Gasteiger partial charge in [0, 0.05) is 22.5 Å². The lowest BCUT2D eigenvalue weighted by molar-refractivity contribution is 0.102. The number of pyridine rings is 1. The van der Waals surface area contributed by atoms with Crippen LogP contribution in [0.4, 0.5) is 5.69 Å². The van der Waals surface area contributed by atoms with E-state index in [4.69, 9.17) is 23.2 Å². The van der Waals surface area contributed by atoms with Gasteiger partial charge in [-0.05, 0) is 36.8 Å². The Bertz CT molecular complexity index is 599. The molecule has 0 atom stereocenters. The van der Waals surface area contributed by atoms with Crippen molar-refractivity contribution in [2.75, 3.05) is 5.32 Å². The molecule has 2 rings (SSSR count). The van der Waals surface area contributed by atoms with Crippen LogP contribution in [0.15, 0.2) is 36.5 Å². The molecule has 1 amide bonds. The largest absolute Gasteiger partial charge is 0.322 e. The number of carbonyl (C=O) groups is 1. The van der Waals surface area contributed by atoms with Gasteiger partial charge in [0.1, 0.15) is 5.15 Å². The lowest BCUT2D eigenvalue weighted by Crippen LogP contribution is -2.11. The van der Waals surface area contributed by atoms with Crippen molar-refractivity contribution in [1.82, 2.24) is 4.98 Å². The van der Waals surface area contributed by atoms with E-state index in [-0.39, 0.29) is 5.91 Å². The van der Waals surface area contributed by atoms with Crippen molar-refractivity contribution in [1.29, 1.82) is 0 Å². The fraction of sp³-hybridized carbons (Fsp3) is 0.0769. The van der Waals surface area contributed by atoms with E-state index < -0.39 is 0 Å². The third-order valence-electron chi connectivity index (χ3n) is 2.42. The Morgan fingerprint density at radius 3 is 2.67 bits per heavy atom. The summed E-state index contributed by atoms with van der Waals surface area (Å²) in [6.45, 7) is 1.88. The van der Waals surface area contributed by atoms with E-state index >= 15 is 0 Å². The molecule has 0 spiro atoms. The van der Waals surface area contributed by atoms with Crippen molar-refractivity contribution in [3.05, 3.63) is 57.8 Å². The summed E-state index contributed by atoms with van der Waals surface area (Å²) >= 11 is 11.7. The van der Waals surface area contributed by atoms with E-state index in [1.807, 2.05) is 6.92 Å². The highest BCUT2D eigenvalue weighted by Crippen LogP contribution is 2.18. The van der Waals surface area contributed by atoms with Gasteiger partial charge in [-0.15, -0.1) is 0 Å². The molecule has 0 unspecified atom stereocenters. The predicted octanol–water partition coefficient (Wildman–Crippen LogP) is 3.95. The van der Waals surface area contributed by atoms with Crippen LogP contribution < -0.4 is 5.32 Å². The maximum atomic E-state index is 12.0. The summed E-state index contributed by atoms with van der Waals surface area (Å²) in [6.07, 6.45) is 1.53. The highest BCUT2D eigenvalue weighted by Gasteiger charge is 2.08. The Kier molecular flexibility index (Phi) is 3.84. The summed E-state index contributed by atoms with van der Waals surface area (Å²) in [7, 11) is 0.